The van der Waals surface area contributed by atoms with Crippen LogP contribution in [0.4, 0.5) is 0 Å². The van der Waals surface area contributed by atoms with Crippen LogP contribution in [0.15, 0.2) is 35.2 Å². The molecule has 0 radical (unpaired) electrons. The Balaban J connectivity index is 1.81. The van der Waals surface area contributed by atoms with E-state index in [0.29, 0.717) is 12.4 Å². The average molecular weight is 425 g/mol. The summed E-state index contributed by atoms with van der Waals surface area (Å²) in [5, 5.41) is 7.86. The Hall–Kier alpha value is -2.29. The van der Waals surface area contributed by atoms with Crippen LogP contribution in [0.1, 0.15) is 35.3 Å². The summed E-state index contributed by atoms with van der Waals surface area (Å²) in [5.74, 6) is 1.00. The number of sulfonamides is 1. The first-order valence-electron chi connectivity index (χ1n) is 8.74. The van der Waals surface area contributed by atoms with Crippen LogP contribution in [0.3, 0.4) is 0 Å². The molecule has 2 aromatic carbocycles. The maximum Gasteiger partial charge on any atom is 0.251 e. The highest BCUT2D eigenvalue weighted by Gasteiger charge is 2.22. The van der Waals surface area contributed by atoms with Crippen molar-refractivity contribution in [3.63, 3.8) is 0 Å². The van der Waals surface area contributed by atoms with Crippen LogP contribution >= 0.6 is 11.6 Å². The van der Waals surface area contributed by atoms with Crippen LogP contribution < -0.4 is 19.9 Å². The predicted molar refractivity (Wildman–Crippen MR) is 105 cm³/mol. The molecule has 150 valence electrons. The normalized spacial score (nSPS) is 15.6. The van der Waals surface area contributed by atoms with Gasteiger partial charge in [-0.15, -0.1) is 0 Å². The zero-order valence-electron chi connectivity index (χ0n) is 15.5. The van der Waals surface area contributed by atoms with Gasteiger partial charge in [0, 0.05) is 29.7 Å². The topological polar surface area (TPSA) is 108 Å². The van der Waals surface area contributed by atoms with Gasteiger partial charge in [0.15, 0.2) is 0 Å². The summed E-state index contributed by atoms with van der Waals surface area (Å²) >= 11 is 5.86. The van der Waals surface area contributed by atoms with Crippen molar-refractivity contribution in [1.29, 1.82) is 0 Å². The highest BCUT2D eigenvalue weighted by Crippen LogP contribution is 2.35. The zero-order valence-corrected chi connectivity index (χ0v) is 17.1. The van der Waals surface area contributed by atoms with Gasteiger partial charge in [-0.2, -0.15) is 0 Å². The fourth-order valence-corrected chi connectivity index (χ4v) is 4.12. The summed E-state index contributed by atoms with van der Waals surface area (Å²) < 4.78 is 34.7. The number of carbonyl (C=O) groups is 1. The number of carbonyl (C=O) groups excluding carboxylic acids is 1. The van der Waals surface area contributed by atoms with E-state index in [4.69, 9.17) is 26.2 Å². The van der Waals surface area contributed by atoms with Crippen LogP contribution in [-0.4, -0.2) is 27.0 Å². The zero-order chi connectivity index (χ0) is 20.5. The van der Waals surface area contributed by atoms with E-state index in [9.17, 15) is 13.2 Å². The van der Waals surface area contributed by atoms with Gasteiger partial charge in [0.25, 0.3) is 5.91 Å². The van der Waals surface area contributed by atoms with Gasteiger partial charge in [-0.1, -0.05) is 11.6 Å². The predicted octanol–water partition coefficient (Wildman–Crippen LogP) is 2.64. The second kappa shape index (κ2) is 7.98. The molecule has 3 N–H and O–H groups in total. The van der Waals surface area contributed by atoms with Crippen LogP contribution in [0.5, 0.6) is 11.5 Å². The minimum absolute atomic E-state index is 0.0393. The molecule has 9 heteroatoms. The van der Waals surface area contributed by atoms with Crippen molar-refractivity contribution >= 4 is 27.5 Å². The molecule has 28 heavy (non-hydrogen) atoms. The van der Waals surface area contributed by atoms with Gasteiger partial charge in [0.2, 0.25) is 10.0 Å². The third-order valence-electron chi connectivity index (χ3n) is 4.32. The Bertz CT molecular complexity index is 1020. The molecule has 2 aromatic rings. The van der Waals surface area contributed by atoms with Gasteiger partial charge in [-0.3, -0.25) is 4.79 Å². The molecule has 3 rings (SSSR count). The Morgan fingerprint density at radius 1 is 1.36 bits per heavy atom. The number of amides is 1. The molecule has 1 heterocycles. The maximum atomic E-state index is 12.5. The van der Waals surface area contributed by atoms with Crippen molar-refractivity contribution in [2.75, 3.05) is 6.61 Å². The van der Waals surface area contributed by atoms with Crippen LogP contribution in [0.2, 0.25) is 5.02 Å². The highest BCUT2D eigenvalue weighted by atomic mass is 35.5. The molecule has 1 atom stereocenters. The number of nitrogens with one attached hydrogen (secondary N) is 1. The SMILES string of the molecule is CCOc1cc2c(cc1CNC(=O)c1ccc(Cl)c(S(N)(=O)=O)c1)OC(C)C2. The number of ether oxygens (including phenoxy) is 2. The second-order valence-corrected chi connectivity index (χ2v) is 8.44. The van der Waals surface area contributed by atoms with E-state index >= 15 is 0 Å². The minimum atomic E-state index is -4.03. The van der Waals surface area contributed by atoms with Crippen LogP contribution in [-0.2, 0) is 23.0 Å². The Kier molecular flexibility index (Phi) is 5.83. The van der Waals surface area contributed by atoms with Crippen molar-refractivity contribution in [3.05, 3.63) is 52.0 Å². The first-order chi connectivity index (χ1) is 13.2. The minimum Gasteiger partial charge on any atom is -0.494 e. The van der Waals surface area contributed by atoms with Crippen molar-refractivity contribution in [3.8, 4) is 11.5 Å². The average Bonchev–Trinajstić information content (AvgIpc) is 2.98. The summed E-state index contributed by atoms with van der Waals surface area (Å²) in [6.07, 6.45) is 0.906. The van der Waals surface area contributed by atoms with Crippen molar-refractivity contribution in [2.45, 2.75) is 37.8 Å². The highest BCUT2D eigenvalue weighted by molar-refractivity contribution is 7.89. The maximum absolute atomic E-state index is 12.5. The van der Waals surface area contributed by atoms with E-state index in [2.05, 4.69) is 5.32 Å². The number of hydrogen-bond donors (Lipinski definition) is 2. The molecular formula is C19H21ClN2O5S. The Morgan fingerprint density at radius 2 is 2.11 bits per heavy atom. The van der Waals surface area contributed by atoms with E-state index in [1.165, 1.54) is 12.1 Å². The van der Waals surface area contributed by atoms with E-state index in [1.807, 2.05) is 26.0 Å². The largest absolute Gasteiger partial charge is 0.494 e. The van der Waals surface area contributed by atoms with E-state index in [0.717, 1.165) is 29.4 Å². The van der Waals surface area contributed by atoms with E-state index in [-0.39, 0.29) is 28.1 Å². The molecule has 1 aliphatic heterocycles. The van der Waals surface area contributed by atoms with Gasteiger partial charge in [0.1, 0.15) is 22.5 Å². The number of primary sulfonamides is 1. The van der Waals surface area contributed by atoms with Crippen LogP contribution in [0, 0.1) is 0 Å². The van der Waals surface area contributed by atoms with Gasteiger partial charge >= 0.3 is 0 Å². The first-order valence-corrected chi connectivity index (χ1v) is 10.7. The molecule has 0 aliphatic carbocycles. The number of rotatable bonds is 6. The van der Waals surface area contributed by atoms with Gasteiger partial charge in [0.05, 0.1) is 11.6 Å². The summed E-state index contributed by atoms with van der Waals surface area (Å²) in [5.41, 5.74) is 1.97. The third kappa shape index (κ3) is 4.40. The lowest BCUT2D eigenvalue weighted by molar-refractivity contribution is 0.0950. The molecule has 0 spiro atoms. The quantitative estimate of drug-likeness (QED) is 0.741. The molecular weight excluding hydrogens is 404 g/mol. The number of hydrogen-bond acceptors (Lipinski definition) is 5. The number of fused-ring (bicyclic) bond motifs is 1. The first kappa shape index (κ1) is 20.4. The fourth-order valence-electron chi connectivity index (χ4n) is 3.05. The fraction of sp³-hybridized carbons (Fsp3) is 0.316. The monoisotopic (exact) mass is 424 g/mol. The summed E-state index contributed by atoms with van der Waals surface area (Å²) in [7, 11) is -4.03. The lowest BCUT2D eigenvalue weighted by Crippen LogP contribution is -2.24. The summed E-state index contributed by atoms with van der Waals surface area (Å²) in [6, 6.07) is 7.71. The summed E-state index contributed by atoms with van der Waals surface area (Å²) in [4.78, 5) is 12.2. The van der Waals surface area contributed by atoms with Gasteiger partial charge in [-0.05, 0) is 44.2 Å². The van der Waals surface area contributed by atoms with Gasteiger partial charge in [-0.25, -0.2) is 13.6 Å². The smallest absolute Gasteiger partial charge is 0.251 e. The van der Waals surface area contributed by atoms with Gasteiger partial charge < -0.3 is 14.8 Å². The molecule has 0 fully saturated rings. The number of halogens is 1. The second-order valence-electron chi connectivity index (χ2n) is 6.51. The van der Waals surface area contributed by atoms with Crippen molar-refractivity contribution < 1.29 is 22.7 Å². The molecule has 0 aromatic heterocycles. The Labute approximate surface area is 168 Å². The molecule has 0 saturated carbocycles. The van der Waals surface area contributed by atoms with Crippen molar-refractivity contribution in [2.24, 2.45) is 5.14 Å². The molecule has 7 nitrogen and oxygen atoms in total. The molecule has 1 unspecified atom stereocenters. The van der Waals surface area contributed by atoms with E-state index < -0.39 is 15.9 Å². The standard InChI is InChI=1S/C19H21ClN2O5S/c1-3-26-16-7-13-6-11(2)27-17(13)8-14(16)10-22-19(23)12-4-5-15(20)18(9-12)28(21,24)25/h4-5,7-9,11H,3,6,10H2,1-2H3,(H,22,23)(H2,21,24,25). The lowest BCUT2D eigenvalue weighted by atomic mass is 10.1. The molecule has 0 saturated heterocycles. The summed E-state index contributed by atoms with van der Waals surface area (Å²) in [6.45, 7) is 4.56. The molecule has 1 aliphatic rings. The lowest BCUT2D eigenvalue weighted by Gasteiger charge is -2.14. The number of nitrogens with two attached hydrogens (primary N) is 1. The number of benzene rings is 2. The van der Waals surface area contributed by atoms with Crippen LogP contribution in [0.25, 0.3) is 0 Å². The Morgan fingerprint density at radius 3 is 2.79 bits per heavy atom. The third-order valence-corrected chi connectivity index (χ3v) is 5.71. The molecule has 0 bridgehead atoms. The van der Waals surface area contributed by atoms with E-state index in [1.54, 1.807) is 0 Å². The van der Waals surface area contributed by atoms with Crippen molar-refractivity contribution in [1.82, 2.24) is 5.32 Å². The molecule has 1 amide bonds.